The molecule has 0 saturated carbocycles. The summed E-state index contributed by atoms with van der Waals surface area (Å²) in [4.78, 5) is 2.37. The highest BCUT2D eigenvalue weighted by Gasteiger charge is 2.20. The Bertz CT molecular complexity index is 2830. The van der Waals surface area contributed by atoms with E-state index in [0.29, 0.717) is 0 Å². The molecule has 0 aliphatic carbocycles. The number of furan rings is 1. The van der Waals surface area contributed by atoms with Gasteiger partial charge in [-0.2, -0.15) is 0 Å². The summed E-state index contributed by atoms with van der Waals surface area (Å²) >= 11 is 0. The lowest BCUT2D eigenvalue weighted by atomic mass is 10.0. The summed E-state index contributed by atoms with van der Waals surface area (Å²) in [5, 5.41) is 7.22. The molecule has 2 aromatic heterocycles. The van der Waals surface area contributed by atoms with Crippen LogP contribution in [-0.2, 0) is 0 Å². The molecule has 0 saturated heterocycles. The second-order valence-electron chi connectivity index (χ2n) is 12.6. The van der Waals surface area contributed by atoms with Gasteiger partial charge in [-0.3, -0.25) is 0 Å². The monoisotopic (exact) mass is 626 g/mol. The van der Waals surface area contributed by atoms with Crippen molar-refractivity contribution in [1.82, 2.24) is 4.57 Å². The van der Waals surface area contributed by atoms with E-state index in [-0.39, 0.29) is 0 Å². The van der Waals surface area contributed by atoms with Crippen LogP contribution in [0.5, 0.6) is 0 Å². The van der Waals surface area contributed by atoms with Gasteiger partial charge in [0.25, 0.3) is 0 Å². The van der Waals surface area contributed by atoms with Crippen LogP contribution in [0.4, 0.5) is 17.1 Å². The first-order valence-corrected chi connectivity index (χ1v) is 16.7. The van der Waals surface area contributed by atoms with Crippen LogP contribution < -0.4 is 4.90 Å². The number of rotatable bonds is 5. The molecule has 10 aromatic rings. The van der Waals surface area contributed by atoms with E-state index in [4.69, 9.17) is 4.42 Å². The van der Waals surface area contributed by atoms with Crippen molar-refractivity contribution >= 4 is 71.6 Å². The molecule has 230 valence electrons. The summed E-state index contributed by atoms with van der Waals surface area (Å²) in [6.45, 7) is 0. The summed E-state index contributed by atoms with van der Waals surface area (Å²) in [5.41, 5.74) is 10.9. The van der Waals surface area contributed by atoms with Crippen molar-refractivity contribution < 1.29 is 4.42 Å². The number of para-hydroxylation sites is 2. The second kappa shape index (κ2) is 11.0. The van der Waals surface area contributed by atoms with E-state index >= 15 is 0 Å². The Labute approximate surface area is 283 Å². The van der Waals surface area contributed by atoms with Gasteiger partial charge in [0.15, 0.2) is 0 Å². The fourth-order valence-electron chi connectivity index (χ4n) is 7.53. The smallest absolute Gasteiger partial charge is 0.135 e. The van der Waals surface area contributed by atoms with Crippen molar-refractivity contribution in [3.8, 4) is 16.8 Å². The van der Waals surface area contributed by atoms with E-state index in [9.17, 15) is 0 Å². The molecular formula is C46H30N2O. The molecule has 0 unspecified atom stereocenters. The Morgan fingerprint density at radius 3 is 1.94 bits per heavy atom. The van der Waals surface area contributed by atoms with Gasteiger partial charge in [-0.25, -0.2) is 0 Å². The van der Waals surface area contributed by atoms with Crippen LogP contribution in [-0.4, -0.2) is 4.57 Å². The fourth-order valence-corrected chi connectivity index (χ4v) is 7.53. The molecule has 0 radical (unpaired) electrons. The first-order chi connectivity index (χ1) is 24.3. The molecule has 3 heteroatoms. The Morgan fingerprint density at radius 1 is 0.388 bits per heavy atom. The molecule has 0 spiro atoms. The molecule has 0 atom stereocenters. The van der Waals surface area contributed by atoms with E-state index in [1.54, 1.807) is 0 Å². The van der Waals surface area contributed by atoms with Gasteiger partial charge >= 0.3 is 0 Å². The van der Waals surface area contributed by atoms with E-state index in [0.717, 1.165) is 50.2 Å². The van der Waals surface area contributed by atoms with Crippen molar-refractivity contribution in [2.75, 3.05) is 4.90 Å². The minimum Gasteiger partial charge on any atom is -0.456 e. The zero-order valence-electron chi connectivity index (χ0n) is 26.6. The van der Waals surface area contributed by atoms with Gasteiger partial charge in [0.1, 0.15) is 11.2 Å². The average Bonchev–Trinajstić information content (AvgIpc) is 3.71. The maximum atomic E-state index is 6.24. The van der Waals surface area contributed by atoms with Gasteiger partial charge in [-0.05, 0) is 88.6 Å². The second-order valence-corrected chi connectivity index (χ2v) is 12.6. The van der Waals surface area contributed by atoms with Crippen molar-refractivity contribution in [3.05, 3.63) is 182 Å². The minimum atomic E-state index is 0.884. The summed E-state index contributed by atoms with van der Waals surface area (Å²) in [6.07, 6.45) is 0. The third-order valence-corrected chi connectivity index (χ3v) is 9.74. The van der Waals surface area contributed by atoms with Gasteiger partial charge in [0.05, 0.1) is 11.0 Å². The summed E-state index contributed by atoms with van der Waals surface area (Å²) in [7, 11) is 0. The lowest BCUT2D eigenvalue weighted by molar-refractivity contribution is 0.669. The van der Waals surface area contributed by atoms with Crippen LogP contribution in [0, 0.1) is 0 Å². The number of aromatic nitrogens is 1. The molecule has 0 bridgehead atoms. The molecule has 0 amide bonds. The number of benzene rings is 8. The lowest BCUT2D eigenvalue weighted by Crippen LogP contribution is -2.10. The van der Waals surface area contributed by atoms with Gasteiger partial charge in [-0.1, -0.05) is 115 Å². The number of anilines is 3. The third-order valence-electron chi connectivity index (χ3n) is 9.74. The first kappa shape index (κ1) is 27.5. The van der Waals surface area contributed by atoms with Gasteiger partial charge < -0.3 is 13.9 Å². The van der Waals surface area contributed by atoms with Gasteiger partial charge in [0, 0.05) is 44.3 Å². The predicted octanol–water partition coefficient (Wildman–Crippen LogP) is 13.0. The molecule has 8 aromatic carbocycles. The fraction of sp³-hybridized carbons (Fsp3) is 0. The molecule has 0 N–H and O–H groups in total. The van der Waals surface area contributed by atoms with Crippen LogP contribution in [0.3, 0.4) is 0 Å². The zero-order valence-corrected chi connectivity index (χ0v) is 26.6. The topological polar surface area (TPSA) is 21.3 Å². The van der Waals surface area contributed by atoms with E-state index in [2.05, 4.69) is 179 Å². The zero-order chi connectivity index (χ0) is 32.3. The van der Waals surface area contributed by atoms with Crippen molar-refractivity contribution in [1.29, 1.82) is 0 Å². The maximum Gasteiger partial charge on any atom is 0.135 e. The number of fused-ring (bicyclic) bond motifs is 8. The summed E-state index contributed by atoms with van der Waals surface area (Å²) in [5.74, 6) is 0. The molecule has 10 rings (SSSR count). The highest BCUT2D eigenvalue weighted by Crippen LogP contribution is 2.43. The predicted molar refractivity (Wildman–Crippen MR) is 206 cm³/mol. The molecule has 0 aliphatic rings. The molecule has 49 heavy (non-hydrogen) atoms. The molecule has 3 nitrogen and oxygen atoms in total. The minimum absolute atomic E-state index is 0.884. The van der Waals surface area contributed by atoms with Crippen molar-refractivity contribution in [2.45, 2.75) is 0 Å². The average molecular weight is 627 g/mol. The highest BCUT2D eigenvalue weighted by molar-refractivity contribution is 6.21. The van der Waals surface area contributed by atoms with Crippen molar-refractivity contribution in [2.24, 2.45) is 0 Å². The van der Waals surface area contributed by atoms with E-state index < -0.39 is 0 Å². The Morgan fingerprint density at radius 2 is 1.06 bits per heavy atom. The lowest BCUT2D eigenvalue weighted by Gasteiger charge is -2.26. The van der Waals surface area contributed by atoms with Crippen LogP contribution in [0.1, 0.15) is 0 Å². The van der Waals surface area contributed by atoms with E-state index in [1.807, 2.05) is 12.1 Å². The standard InChI is InChI=1S/C46H30N2O/c1-3-12-31(13-4-1)33-15-11-18-35(28-33)47(36-24-27-45-41(29-36)39-20-9-10-21-44(39)49-45)37-23-25-40-43(30-37)48(34-16-5-2-6-17-34)42-26-22-32-14-7-8-19-38(32)46(40)42/h1-30H. The quantitative estimate of drug-likeness (QED) is 0.190. The van der Waals surface area contributed by atoms with Crippen LogP contribution >= 0.6 is 0 Å². The number of hydrogen-bond acceptors (Lipinski definition) is 2. The van der Waals surface area contributed by atoms with Crippen molar-refractivity contribution in [3.63, 3.8) is 0 Å². The largest absolute Gasteiger partial charge is 0.456 e. The van der Waals surface area contributed by atoms with Crippen LogP contribution in [0.15, 0.2) is 186 Å². The maximum absolute atomic E-state index is 6.24. The number of hydrogen-bond donors (Lipinski definition) is 0. The Hall–Kier alpha value is -6.58. The van der Waals surface area contributed by atoms with Crippen LogP contribution in [0.25, 0.3) is 71.3 Å². The summed E-state index contributed by atoms with van der Waals surface area (Å²) in [6, 6.07) is 65.1. The third kappa shape index (κ3) is 4.44. The highest BCUT2D eigenvalue weighted by atomic mass is 16.3. The van der Waals surface area contributed by atoms with Crippen LogP contribution in [0.2, 0.25) is 0 Å². The Kier molecular flexibility index (Phi) is 6.18. The molecule has 0 fully saturated rings. The molecule has 2 heterocycles. The van der Waals surface area contributed by atoms with Gasteiger partial charge in [0.2, 0.25) is 0 Å². The number of nitrogens with zero attached hydrogens (tertiary/aromatic N) is 2. The Balaban J connectivity index is 1.26. The normalized spacial score (nSPS) is 11.7. The SMILES string of the molecule is c1ccc(-c2cccc(N(c3ccc4oc5ccccc5c4c3)c3ccc4c5c6ccccc6ccc5n(-c5ccccc5)c4c3)c2)cc1. The summed E-state index contributed by atoms with van der Waals surface area (Å²) < 4.78 is 8.65. The van der Waals surface area contributed by atoms with E-state index in [1.165, 1.54) is 38.2 Å². The molecule has 0 aliphatic heterocycles. The van der Waals surface area contributed by atoms with Gasteiger partial charge in [-0.15, -0.1) is 0 Å². The first-order valence-electron chi connectivity index (χ1n) is 16.7. The molecular weight excluding hydrogens is 597 g/mol.